The monoisotopic (exact) mass is 486 g/mol. The number of thiocarbonyl (C=S) groups is 1. The topological polar surface area (TPSA) is 55.5 Å². The van der Waals surface area contributed by atoms with E-state index in [9.17, 15) is 0 Å². The molecule has 1 aliphatic rings. The molecule has 1 aromatic carbocycles. The number of aromatic nitrogens is 2. The van der Waals surface area contributed by atoms with Crippen molar-refractivity contribution in [1.29, 1.82) is 0 Å². The Morgan fingerprint density at radius 3 is 2.54 bits per heavy atom. The second-order valence-electron chi connectivity index (χ2n) is 9.15. The van der Waals surface area contributed by atoms with Crippen LogP contribution in [0.2, 0.25) is 0 Å². The molecule has 0 aliphatic carbocycles. The van der Waals surface area contributed by atoms with Gasteiger partial charge in [-0.1, -0.05) is 6.07 Å². The van der Waals surface area contributed by atoms with Gasteiger partial charge >= 0.3 is 0 Å². The number of aryl methyl sites for hydroxylation is 1. The van der Waals surface area contributed by atoms with E-state index < -0.39 is 0 Å². The van der Waals surface area contributed by atoms with Gasteiger partial charge in [0.1, 0.15) is 11.5 Å². The number of nitrogens with zero attached hydrogens (tertiary/aromatic N) is 3. The minimum absolute atomic E-state index is 0.0641. The Labute approximate surface area is 211 Å². The Kier molecular flexibility index (Phi) is 6.34. The van der Waals surface area contributed by atoms with Gasteiger partial charge in [-0.2, -0.15) is 0 Å². The van der Waals surface area contributed by atoms with Gasteiger partial charge in [0.05, 0.1) is 36.7 Å². The first-order valence-corrected chi connectivity index (χ1v) is 12.3. The highest BCUT2D eigenvalue weighted by atomic mass is 32.1. The summed E-state index contributed by atoms with van der Waals surface area (Å²) in [6.45, 7) is 9.04. The van der Waals surface area contributed by atoms with Crippen LogP contribution in [-0.2, 0) is 6.54 Å². The van der Waals surface area contributed by atoms with Crippen molar-refractivity contribution in [2.24, 2.45) is 0 Å². The van der Waals surface area contributed by atoms with Crippen molar-refractivity contribution in [1.82, 2.24) is 14.9 Å². The Morgan fingerprint density at radius 2 is 1.89 bits per heavy atom. The van der Waals surface area contributed by atoms with E-state index in [2.05, 4.69) is 57.9 Å². The predicted molar refractivity (Wildman–Crippen MR) is 142 cm³/mol. The predicted octanol–water partition coefficient (Wildman–Crippen LogP) is 6.11. The normalized spacial score (nSPS) is 17.7. The minimum atomic E-state index is -0.0900. The third-order valence-corrected chi connectivity index (χ3v) is 6.72. The van der Waals surface area contributed by atoms with Gasteiger partial charge in [0.25, 0.3) is 0 Å². The number of rotatable bonds is 7. The fourth-order valence-electron chi connectivity index (χ4n) is 4.84. The minimum Gasteiger partial charge on any atom is -0.491 e. The maximum atomic E-state index is 5.89. The molecule has 0 bridgehead atoms. The fraction of sp³-hybridized carbons (Fsp3) is 0.286. The SMILES string of the molecule is Cc1cc([C@@H]2[C@@H](c3ccccn3)NC(=S)N2c2ccc(OC(C)C)cc2)c(C)n1Cc1ccco1. The maximum absolute atomic E-state index is 5.89. The zero-order valence-corrected chi connectivity index (χ0v) is 21.3. The first-order chi connectivity index (χ1) is 16.9. The molecule has 4 heterocycles. The van der Waals surface area contributed by atoms with Crippen LogP contribution in [-0.4, -0.2) is 20.8 Å². The average molecular weight is 487 g/mol. The van der Waals surface area contributed by atoms with Crippen LogP contribution in [0.5, 0.6) is 5.75 Å². The maximum Gasteiger partial charge on any atom is 0.174 e. The van der Waals surface area contributed by atoms with Crippen LogP contribution >= 0.6 is 12.2 Å². The molecule has 4 aromatic rings. The lowest BCUT2D eigenvalue weighted by Gasteiger charge is -2.28. The van der Waals surface area contributed by atoms with Crippen LogP contribution in [0.1, 0.15) is 54.3 Å². The Balaban J connectivity index is 1.58. The number of hydrogen-bond acceptors (Lipinski definition) is 4. The zero-order chi connectivity index (χ0) is 24.5. The summed E-state index contributed by atoms with van der Waals surface area (Å²) in [5, 5.41) is 4.23. The summed E-state index contributed by atoms with van der Waals surface area (Å²) in [4.78, 5) is 6.88. The smallest absolute Gasteiger partial charge is 0.174 e. The van der Waals surface area contributed by atoms with E-state index in [1.807, 2.05) is 56.4 Å². The van der Waals surface area contributed by atoms with Gasteiger partial charge in [-0.05, 0) is 100 Å². The standard InChI is InChI=1S/C28H30N4O2S/c1-18(2)34-22-12-10-21(11-13-22)32-27(26(30-28(32)35)25-9-5-6-14-29-25)24-16-19(3)31(20(24)4)17-23-8-7-15-33-23/h5-16,18,26-27H,17H2,1-4H3,(H,30,35)/t26-,27-/m1/s1. The van der Waals surface area contributed by atoms with Crippen LogP contribution in [0.3, 0.4) is 0 Å². The largest absolute Gasteiger partial charge is 0.491 e. The highest BCUT2D eigenvalue weighted by Crippen LogP contribution is 2.43. The van der Waals surface area contributed by atoms with Gasteiger partial charge in [-0.15, -0.1) is 0 Å². The van der Waals surface area contributed by atoms with E-state index in [4.69, 9.17) is 21.4 Å². The Bertz CT molecular complexity index is 1300. The number of ether oxygens (including phenoxy) is 1. The molecule has 0 radical (unpaired) electrons. The van der Waals surface area contributed by atoms with Crippen molar-refractivity contribution in [2.75, 3.05) is 4.90 Å². The van der Waals surface area contributed by atoms with E-state index in [0.29, 0.717) is 11.7 Å². The van der Waals surface area contributed by atoms with E-state index in [1.54, 1.807) is 6.26 Å². The van der Waals surface area contributed by atoms with Gasteiger partial charge in [0.2, 0.25) is 0 Å². The Morgan fingerprint density at radius 1 is 1.09 bits per heavy atom. The van der Waals surface area contributed by atoms with Gasteiger partial charge < -0.3 is 23.9 Å². The zero-order valence-electron chi connectivity index (χ0n) is 20.4. The summed E-state index contributed by atoms with van der Waals surface area (Å²) in [5.41, 5.74) is 5.53. The molecule has 1 aliphatic heterocycles. The van der Waals surface area contributed by atoms with Gasteiger partial charge in [-0.3, -0.25) is 4.98 Å². The van der Waals surface area contributed by atoms with Crippen LogP contribution < -0.4 is 15.0 Å². The van der Waals surface area contributed by atoms with Crippen molar-refractivity contribution < 1.29 is 9.15 Å². The Hall–Kier alpha value is -3.58. The van der Waals surface area contributed by atoms with Crippen molar-refractivity contribution in [3.05, 3.63) is 102 Å². The number of anilines is 1. The van der Waals surface area contributed by atoms with Crippen LogP contribution in [0.15, 0.2) is 77.5 Å². The molecule has 180 valence electrons. The molecular formula is C28H30N4O2S. The third-order valence-electron chi connectivity index (χ3n) is 6.41. The number of hydrogen-bond donors (Lipinski definition) is 1. The molecule has 3 aromatic heterocycles. The molecule has 7 heteroatoms. The molecule has 1 fully saturated rings. The fourth-order valence-corrected chi connectivity index (χ4v) is 5.18. The van der Waals surface area contributed by atoms with Gasteiger partial charge in [0, 0.05) is 23.3 Å². The molecule has 0 unspecified atom stereocenters. The van der Waals surface area contributed by atoms with Crippen molar-refractivity contribution in [3.8, 4) is 5.75 Å². The number of benzene rings is 1. The lowest BCUT2D eigenvalue weighted by Crippen LogP contribution is -2.29. The van der Waals surface area contributed by atoms with Crippen molar-refractivity contribution in [3.63, 3.8) is 0 Å². The summed E-state index contributed by atoms with van der Waals surface area (Å²) >= 11 is 5.89. The van der Waals surface area contributed by atoms with E-state index in [-0.39, 0.29) is 18.2 Å². The molecular weight excluding hydrogens is 456 g/mol. The highest BCUT2D eigenvalue weighted by Gasteiger charge is 2.42. The molecule has 1 saturated heterocycles. The van der Waals surface area contributed by atoms with Crippen molar-refractivity contribution in [2.45, 2.75) is 52.4 Å². The molecule has 0 amide bonds. The van der Waals surface area contributed by atoms with E-state index in [1.165, 1.54) is 17.0 Å². The van der Waals surface area contributed by atoms with Crippen LogP contribution in [0.25, 0.3) is 0 Å². The van der Waals surface area contributed by atoms with E-state index >= 15 is 0 Å². The molecule has 35 heavy (non-hydrogen) atoms. The third kappa shape index (κ3) is 4.56. The quantitative estimate of drug-likeness (QED) is 0.318. The summed E-state index contributed by atoms with van der Waals surface area (Å²) in [7, 11) is 0. The first-order valence-electron chi connectivity index (χ1n) is 11.9. The van der Waals surface area contributed by atoms with E-state index in [0.717, 1.165) is 22.9 Å². The molecule has 0 saturated carbocycles. The summed E-state index contributed by atoms with van der Waals surface area (Å²) in [6, 6.07) is 20.2. The molecule has 0 spiro atoms. The summed E-state index contributed by atoms with van der Waals surface area (Å²) < 4.78 is 13.8. The lowest BCUT2D eigenvalue weighted by atomic mass is 9.96. The average Bonchev–Trinajstić information content (AvgIpc) is 3.55. The van der Waals surface area contributed by atoms with Gasteiger partial charge in [0.15, 0.2) is 5.11 Å². The van der Waals surface area contributed by atoms with Gasteiger partial charge in [-0.25, -0.2) is 0 Å². The van der Waals surface area contributed by atoms with Crippen LogP contribution in [0.4, 0.5) is 5.69 Å². The molecule has 6 nitrogen and oxygen atoms in total. The second kappa shape index (κ2) is 9.58. The number of nitrogens with one attached hydrogen (secondary N) is 1. The molecule has 5 rings (SSSR count). The highest BCUT2D eigenvalue weighted by molar-refractivity contribution is 7.80. The lowest BCUT2D eigenvalue weighted by molar-refractivity contribution is 0.242. The summed E-state index contributed by atoms with van der Waals surface area (Å²) in [6.07, 6.45) is 3.67. The van der Waals surface area contributed by atoms with Crippen molar-refractivity contribution >= 4 is 23.0 Å². The number of furan rings is 1. The second-order valence-corrected chi connectivity index (χ2v) is 9.54. The number of pyridine rings is 1. The molecule has 1 N–H and O–H groups in total. The first kappa shape index (κ1) is 23.2. The molecule has 2 atom stereocenters. The van der Waals surface area contributed by atoms with Crippen LogP contribution in [0, 0.1) is 13.8 Å². The summed E-state index contributed by atoms with van der Waals surface area (Å²) in [5.74, 6) is 1.77.